The van der Waals surface area contributed by atoms with Crippen LogP contribution in [0, 0.1) is 11.7 Å². The van der Waals surface area contributed by atoms with Crippen molar-refractivity contribution in [1.29, 1.82) is 0 Å². The van der Waals surface area contributed by atoms with Crippen LogP contribution in [0.2, 0.25) is 5.02 Å². The molecule has 7 heteroatoms. The second kappa shape index (κ2) is 6.97. The Labute approximate surface area is 145 Å². The van der Waals surface area contributed by atoms with E-state index in [1.54, 1.807) is 26.8 Å². The number of aliphatic carboxylic acids is 1. The van der Waals surface area contributed by atoms with Crippen molar-refractivity contribution < 1.29 is 23.8 Å². The molecule has 0 saturated carbocycles. The van der Waals surface area contributed by atoms with Crippen LogP contribution in [0.3, 0.4) is 0 Å². The third-order valence-electron chi connectivity index (χ3n) is 3.81. The fourth-order valence-electron chi connectivity index (χ4n) is 2.83. The molecule has 1 saturated heterocycles. The molecule has 0 radical (unpaired) electrons. The molecule has 1 fully saturated rings. The number of carboxylic acids is 1. The van der Waals surface area contributed by atoms with Crippen LogP contribution in [-0.4, -0.2) is 40.3 Å². The van der Waals surface area contributed by atoms with Gasteiger partial charge < -0.3 is 9.84 Å². The highest BCUT2D eigenvalue weighted by Crippen LogP contribution is 2.29. The maximum Gasteiger partial charge on any atom is 0.411 e. The number of nitrogens with zero attached hydrogens (tertiary/aromatic N) is 1. The third kappa shape index (κ3) is 4.60. The molecule has 2 atom stereocenters. The fourth-order valence-corrected chi connectivity index (χ4v) is 3.03. The van der Waals surface area contributed by atoms with E-state index < -0.39 is 29.5 Å². The summed E-state index contributed by atoms with van der Waals surface area (Å²) in [6, 6.07) is 3.52. The Morgan fingerprint density at radius 1 is 1.42 bits per heavy atom. The molecule has 2 rings (SSSR count). The van der Waals surface area contributed by atoms with Gasteiger partial charge in [0.2, 0.25) is 0 Å². The van der Waals surface area contributed by atoms with Gasteiger partial charge in [0.1, 0.15) is 17.5 Å². The second-order valence-corrected chi connectivity index (χ2v) is 7.45. The Morgan fingerprint density at radius 2 is 2.08 bits per heavy atom. The van der Waals surface area contributed by atoms with Gasteiger partial charge in [-0.2, -0.15) is 0 Å². The molecule has 1 aromatic carbocycles. The van der Waals surface area contributed by atoms with Crippen LogP contribution in [0.15, 0.2) is 18.2 Å². The van der Waals surface area contributed by atoms with E-state index in [1.165, 1.54) is 17.0 Å². The van der Waals surface area contributed by atoms with Gasteiger partial charge in [0, 0.05) is 6.54 Å². The molecule has 0 aromatic heterocycles. The van der Waals surface area contributed by atoms with E-state index in [-0.39, 0.29) is 17.5 Å². The number of carbonyl (C=O) groups excluding carboxylic acids is 1. The van der Waals surface area contributed by atoms with Gasteiger partial charge in [-0.25, -0.2) is 14.0 Å². The van der Waals surface area contributed by atoms with Crippen LogP contribution in [0.4, 0.5) is 9.18 Å². The van der Waals surface area contributed by atoms with E-state index in [4.69, 9.17) is 16.3 Å². The van der Waals surface area contributed by atoms with Crippen molar-refractivity contribution >= 4 is 23.7 Å². The molecule has 5 nitrogen and oxygen atoms in total. The van der Waals surface area contributed by atoms with E-state index in [9.17, 15) is 19.1 Å². The molecule has 1 heterocycles. The van der Waals surface area contributed by atoms with Crippen molar-refractivity contribution in [2.45, 2.75) is 45.3 Å². The standard InChI is InChI=1S/C17H21ClFNO4/c1-17(2,3)24-16(23)20-9-11(8-14(20)15(21)22)6-10-4-5-13(19)12(18)7-10/h4-5,7,11,14H,6,8-9H2,1-3H3,(H,21,22). The number of benzene rings is 1. The minimum absolute atomic E-state index is 0.0317. The first-order valence-corrected chi connectivity index (χ1v) is 8.11. The summed E-state index contributed by atoms with van der Waals surface area (Å²) in [5.74, 6) is -1.61. The van der Waals surface area contributed by atoms with Gasteiger partial charge in [-0.05, 0) is 57.2 Å². The van der Waals surface area contributed by atoms with Crippen molar-refractivity contribution in [3.05, 3.63) is 34.6 Å². The fraction of sp³-hybridized carbons (Fsp3) is 0.529. The molecule has 0 bridgehead atoms. The lowest BCUT2D eigenvalue weighted by Gasteiger charge is -2.26. The lowest BCUT2D eigenvalue weighted by Crippen LogP contribution is -2.43. The molecule has 0 aliphatic carbocycles. The summed E-state index contributed by atoms with van der Waals surface area (Å²) >= 11 is 5.78. The van der Waals surface area contributed by atoms with Gasteiger partial charge in [0.25, 0.3) is 0 Å². The molecule has 24 heavy (non-hydrogen) atoms. The summed E-state index contributed by atoms with van der Waals surface area (Å²) in [5.41, 5.74) is 0.115. The van der Waals surface area contributed by atoms with Gasteiger partial charge >= 0.3 is 12.1 Å². The summed E-state index contributed by atoms with van der Waals surface area (Å²) < 4.78 is 18.5. The van der Waals surface area contributed by atoms with Gasteiger partial charge in [-0.1, -0.05) is 17.7 Å². The number of amides is 1. The highest BCUT2D eigenvalue weighted by molar-refractivity contribution is 6.30. The number of rotatable bonds is 3. The summed E-state index contributed by atoms with van der Waals surface area (Å²) in [6.07, 6.45) is 0.210. The Morgan fingerprint density at radius 3 is 2.62 bits per heavy atom. The van der Waals surface area contributed by atoms with Crippen LogP contribution in [0.25, 0.3) is 0 Å². The maximum absolute atomic E-state index is 13.2. The molecule has 1 N–H and O–H groups in total. The lowest BCUT2D eigenvalue weighted by atomic mass is 9.97. The first-order valence-electron chi connectivity index (χ1n) is 7.73. The van der Waals surface area contributed by atoms with Gasteiger partial charge in [-0.3, -0.25) is 4.90 Å². The number of hydrogen-bond donors (Lipinski definition) is 1. The minimum atomic E-state index is -1.06. The largest absolute Gasteiger partial charge is 0.480 e. The van der Waals surface area contributed by atoms with Crippen molar-refractivity contribution in [2.24, 2.45) is 5.92 Å². The quantitative estimate of drug-likeness (QED) is 0.895. The summed E-state index contributed by atoms with van der Waals surface area (Å²) in [4.78, 5) is 25.0. The number of hydrogen-bond acceptors (Lipinski definition) is 3. The van der Waals surface area contributed by atoms with Crippen molar-refractivity contribution in [2.75, 3.05) is 6.54 Å². The zero-order valence-electron chi connectivity index (χ0n) is 13.9. The highest BCUT2D eigenvalue weighted by atomic mass is 35.5. The molecule has 1 aliphatic rings. The number of ether oxygens (including phenoxy) is 1. The number of halogens is 2. The monoisotopic (exact) mass is 357 g/mol. The van der Waals surface area contributed by atoms with Crippen molar-refractivity contribution in [3.63, 3.8) is 0 Å². The Hall–Kier alpha value is -1.82. The molecular formula is C17H21ClFNO4. The molecule has 1 aliphatic heterocycles. The van der Waals surface area contributed by atoms with Crippen molar-refractivity contribution in [3.8, 4) is 0 Å². The van der Waals surface area contributed by atoms with Gasteiger partial charge in [-0.15, -0.1) is 0 Å². The van der Waals surface area contributed by atoms with Crippen LogP contribution < -0.4 is 0 Å². The molecule has 0 spiro atoms. The van der Waals surface area contributed by atoms with Crippen LogP contribution in [0.5, 0.6) is 0 Å². The number of carboxylic acid groups (broad SMARTS) is 1. The third-order valence-corrected chi connectivity index (χ3v) is 4.10. The molecule has 132 valence electrons. The predicted octanol–water partition coefficient (Wildman–Crippen LogP) is 3.73. The van der Waals surface area contributed by atoms with Gasteiger partial charge in [0.15, 0.2) is 0 Å². The normalized spacial score (nSPS) is 21.0. The lowest BCUT2D eigenvalue weighted by molar-refractivity contribution is -0.142. The van der Waals surface area contributed by atoms with Crippen molar-refractivity contribution in [1.82, 2.24) is 4.90 Å². The first-order chi connectivity index (χ1) is 11.1. The Balaban J connectivity index is 2.10. The van der Waals surface area contributed by atoms with Gasteiger partial charge in [0.05, 0.1) is 5.02 Å². The van der Waals surface area contributed by atoms with E-state index in [1.807, 2.05) is 0 Å². The molecule has 1 amide bonds. The second-order valence-electron chi connectivity index (χ2n) is 7.04. The maximum atomic E-state index is 13.2. The SMILES string of the molecule is CC(C)(C)OC(=O)N1CC(Cc2ccc(F)c(Cl)c2)CC1C(=O)O. The molecular weight excluding hydrogens is 337 g/mol. The Bertz CT molecular complexity index is 644. The van der Waals surface area contributed by atoms with Crippen LogP contribution >= 0.6 is 11.6 Å². The average Bonchev–Trinajstić information content (AvgIpc) is 2.85. The smallest absolute Gasteiger partial charge is 0.411 e. The molecule has 1 aromatic rings. The van der Waals surface area contributed by atoms with E-state index in [0.717, 1.165) is 5.56 Å². The highest BCUT2D eigenvalue weighted by Gasteiger charge is 2.41. The topological polar surface area (TPSA) is 66.8 Å². The summed E-state index contributed by atoms with van der Waals surface area (Å²) in [7, 11) is 0. The summed E-state index contributed by atoms with van der Waals surface area (Å²) in [6.45, 7) is 5.47. The van der Waals surface area contributed by atoms with E-state index in [0.29, 0.717) is 12.8 Å². The first kappa shape index (κ1) is 18.5. The van der Waals surface area contributed by atoms with E-state index >= 15 is 0 Å². The Kier molecular flexibility index (Phi) is 5.38. The summed E-state index contributed by atoms with van der Waals surface area (Å²) in [5, 5.41) is 9.41. The van der Waals surface area contributed by atoms with Crippen LogP contribution in [-0.2, 0) is 16.0 Å². The molecule has 2 unspecified atom stereocenters. The number of likely N-dealkylation sites (tertiary alicyclic amines) is 1. The number of carbonyl (C=O) groups is 2. The minimum Gasteiger partial charge on any atom is -0.480 e. The zero-order valence-corrected chi connectivity index (χ0v) is 14.6. The average molecular weight is 358 g/mol. The predicted molar refractivity (Wildman–Crippen MR) is 87.6 cm³/mol. The van der Waals surface area contributed by atoms with Crippen LogP contribution in [0.1, 0.15) is 32.8 Å². The van der Waals surface area contributed by atoms with E-state index in [2.05, 4.69) is 0 Å². The zero-order chi connectivity index (χ0) is 18.1.